The van der Waals surface area contributed by atoms with E-state index >= 15 is 0 Å². The zero-order valence-electron chi connectivity index (χ0n) is 5.39. The lowest BCUT2D eigenvalue weighted by Crippen LogP contribution is -1.98. The second-order valence-electron chi connectivity index (χ2n) is 1.89. The topological polar surface area (TPSA) is 20.2 Å². The highest BCUT2D eigenvalue weighted by atomic mass is 31.0. The van der Waals surface area contributed by atoms with Crippen molar-refractivity contribution in [2.24, 2.45) is 0 Å². The molecule has 1 N–H and O–H groups in total. The molecular weight excluding hydrogens is 119 g/mol. The maximum Gasteiger partial charge on any atom is 0.0724 e. The summed E-state index contributed by atoms with van der Waals surface area (Å²) in [6.45, 7) is 3.90. The summed E-state index contributed by atoms with van der Waals surface area (Å²) in [7, 11) is 2.53. The third kappa shape index (κ3) is 4.29. The van der Waals surface area contributed by atoms with E-state index in [4.69, 9.17) is 5.11 Å². The van der Waals surface area contributed by atoms with Gasteiger partial charge in [0.15, 0.2) is 0 Å². The molecule has 0 spiro atoms. The Hall–Kier alpha value is 0.130. The van der Waals surface area contributed by atoms with E-state index in [1.54, 1.807) is 0 Å². The van der Waals surface area contributed by atoms with Gasteiger partial charge in [-0.2, -0.15) is 0 Å². The Labute approximate surface area is 53.0 Å². The van der Waals surface area contributed by atoms with Crippen molar-refractivity contribution in [2.45, 2.75) is 26.4 Å². The molecule has 2 heteroatoms. The maximum absolute atomic E-state index is 8.94. The first kappa shape index (κ1) is 8.13. The van der Waals surface area contributed by atoms with Gasteiger partial charge in [0.25, 0.3) is 0 Å². The second-order valence-corrected chi connectivity index (χ2v) is 2.80. The highest BCUT2D eigenvalue weighted by Gasteiger charge is 1.91. The fourth-order valence-electron chi connectivity index (χ4n) is 0.421. The normalized spacial score (nSPS) is 16.2. The molecule has 2 atom stereocenters. The van der Waals surface area contributed by atoms with Gasteiger partial charge in [-0.15, -0.1) is 9.24 Å². The van der Waals surface area contributed by atoms with Crippen molar-refractivity contribution in [3.05, 3.63) is 11.4 Å². The molecular formula is C6H13OP. The monoisotopic (exact) mass is 132 g/mol. The van der Waals surface area contributed by atoms with Gasteiger partial charge in [-0.05, 0) is 13.3 Å². The van der Waals surface area contributed by atoms with Crippen LogP contribution >= 0.6 is 9.24 Å². The Morgan fingerprint density at radius 3 is 2.50 bits per heavy atom. The highest BCUT2D eigenvalue weighted by molar-refractivity contribution is 7.22. The fraction of sp³-hybridized carbons (Fsp3) is 0.667. The van der Waals surface area contributed by atoms with Crippen LogP contribution in [0.25, 0.3) is 0 Å². The molecule has 0 aromatic rings. The minimum Gasteiger partial charge on any atom is -0.389 e. The molecule has 1 nitrogen and oxygen atoms in total. The summed E-state index contributed by atoms with van der Waals surface area (Å²) in [5.74, 6) is 0. The maximum atomic E-state index is 8.94. The summed E-state index contributed by atoms with van der Waals surface area (Å²) >= 11 is 0. The van der Waals surface area contributed by atoms with E-state index in [0.29, 0.717) is 0 Å². The molecule has 0 amide bonds. The van der Waals surface area contributed by atoms with E-state index in [1.165, 1.54) is 0 Å². The van der Waals surface area contributed by atoms with Crippen molar-refractivity contribution in [3.8, 4) is 0 Å². The number of rotatable bonds is 2. The van der Waals surface area contributed by atoms with Crippen LogP contribution in [-0.4, -0.2) is 11.2 Å². The highest BCUT2D eigenvalue weighted by Crippen LogP contribution is 2.05. The molecule has 2 unspecified atom stereocenters. The van der Waals surface area contributed by atoms with Gasteiger partial charge in [-0.3, -0.25) is 0 Å². The summed E-state index contributed by atoms with van der Waals surface area (Å²) < 4.78 is 0. The molecule has 0 rings (SSSR count). The van der Waals surface area contributed by atoms with Gasteiger partial charge in [0, 0.05) is 0 Å². The summed E-state index contributed by atoms with van der Waals surface area (Å²) in [6.07, 6.45) is 2.36. The average Bonchev–Trinajstić information content (AvgIpc) is 1.65. The minimum atomic E-state index is -0.257. The zero-order valence-corrected chi connectivity index (χ0v) is 6.54. The molecule has 0 aromatic heterocycles. The lowest BCUT2D eigenvalue weighted by atomic mass is 10.2. The summed E-state index contributed by atoms with van der Waals surface area (Å²) in [5.41, 5.74) is 0. The number of hydrogen-bond donors (Lipinski definition) is 1. The van der Waals surface area contributed by atoms with E-state index in [9.17, 15) is 0 Å². The number of aliphatic hydroxyl groups excluding tert-OH is 1. The summed E-state index contributed by atoms with van der Waals surface area (Å²) in [6, 6.07) is 0. The van der Waals surface area contributed by atoms with Crippen LogP contribution in [-0.2, 0) is 0 Å². The molecule has 0 fully saturated rings. The smallest absolute Gasteiger partial charge is 0.0724 e. The average molecular weight is 132 g/mol. The predicted molar refractivity (Wildman–Crippen MR) is 39.8 cm³/mol. The molecule has 0 aliphatic rings. The third-order valence-electron chi connectivity index (χ3n) is 0.874. The van der Waals surface area contributed by atoms with E-state index in [-0.39, 0.29) is 6.10 Å². The fourth-order valence-corrected chi connectivity index (χ4v) is 0.643. The van der Waals surface area contributed by atoms with Crippen LogP contribution in [0.5, 0.6) is 0 Å². The number of aliphatic hydroxyl groups is 1. The van der Waals surface area contributed by atoms with E-state index < -0.39 is 0 Å². The van der Waals surface area contributed by atoms with Crippen LogP contribution in [0.3, 0.4) is 0 Å². The molecule has 0 radical (unpaired) electrons. The number of hydrogen-bond acceptors (Lipinski definition) is 1. The van der Waals surface area contributed by atoms with E-state index in [0.717, 1.165) is 11.7 Å². The molecule has 48 valence electrons. The minimum absolute atomic E-state index is 0.257. The first-order valence-electron chi connectivity index (χ1n) is 2.78. The van der Waals surface area contributed by atoms with E-state index in [1.807, 2.05) is 19.9 Å². The van der Waals surface area contributed by atoms with Gasteiger partial charge in [0.2, 0.25) is 0 Å². The first-order valence-corrected chi connectivity index (χ1v) is 3.36. The summed E-state index contributed by atoms with van der Waals surface area (Å²) in [4.78, 5) is 0. The number of allylic oxidation sites excluding steroid dienone is 1. The van der Waals surface area contributed by atoms with Gasteiger partial charge in [-0.25, -0.2) is 0 Å². The van der Waals surface area contributed by atoms with Crippen molar-refractivity contribution >= 4 is 9.24 Å². The lowest BCUT2D eigenvalue weighted by molar-refractivity contribution is 0.219. The molecule has 0 aliphatic carbocycles. The van der Waals surface area contributed by atoms with Crippen LogP contribution < -0.4 is 0 Å². The largest absolute Gasteiger partial charge is 0.389 e. The van der Waals surface area contributed by atoms with Crippen LogP contribution in [0.4, 0.5) is 0 Å². The molecule has 0 aromatic carbocycles. The Kier molecular flexibility index (Phi) is 4.12. The van der Waals surface area contributed by atoms with Crippen molar-refractivity contribution in [2.75, 3.05) is 0 Å². The molecule has 0 saturated heterocycles. The Morgan fingerprint density at radius 1 is 1.88 bits per heavy atom. The van der Waals surface area contributed by atoms with Crippen LogP contribution in [0, 0.1) is 0 Å². The van der Waals surface area contributed by atoms with Crippen LogP contribution in [0.2, 0.25) is 0 Å². The Bertz CT molecular complexity index is 84.5. The summed E-state index contributed by atoms with van der Waals surface area (Å²) in [5, 5.41) is 10.0. The van der Waals surface area contributed by atoms with Gasteiger partial charge >= 0.3 is 0 Å². The van der Waals surface area contributed by atoms with Crippen LogP contribution in [0.1, 0.15) is 20.3 Å². The molecule has 0 aliphatic heterocycles. The molecule has 0 heterocycles. The van der Waals surface area contributed by atoms with Crippen LogP contribution in [0.15, 0.2) is 11.4 Å². The Balaban J connectivity index is 3.51. The van der Waals surface area contributed by atoms with Crippen molar-refractivity contribution in [1.29, 1.82) is 0 Å². The van der Waals surface area contributed by atoms with Gasteiger partial charge < -0.3 is 5.11 Å². The first-order chi connectivity index (χ1) is 3.66. The quantitative estimate of drug-likeness (QED) is 0.565. The van der Waals surface area contributed by atoms with Gasteiger partial charge in [-0.1, -0.05) is 18.3 Å². The van der Waals surface area contributed by atoms with Crippen molar-refractivity contribution in [1.82, 2.24) is 0 Å². The van der Waals surface area contributed by atoms with Gasteiger partial charge in [0.1, 0.15) is 0 Å². The molecule has 8 heavy (non-hydrogen) atoms. The van der Waals surface area contributed by atoms with Crippen molar-refractivity contribution < 1.29 is 5.11 Å². The molecule has 0 saturated carbocycles. The zero-order chi connectivity index (χ0) is 6.57. The van der Waals surface area contributed by atoms with Crippen molar-refractivity contribution in [3.63, 3.8) is 0 Å². The van der Waals surface area contributed by atoms with Gasteiger partial charge in [0.05, 0.1) is 6.10 Å². The second kappa shape index (κ2) is 4.05. The lowest BCUT2D eigenvalue weighted by Gasteiger charge is -1.98. The molecule has 0 bridgehead atoms. The van der Waals surface area contributed by atoms with E-state index in [2.05, 4.69) is 9.24 Å². The Morgan fingerprint density at radius 2 is 2.38 bits per heavy atom. The standard InChI is InChI=1S/C6H13OP/c1-3-6(7)4-5(2)8/h4,6-7H,3,8H2,1-2H3. The third-order valence-corrected chi connectivity index (χ3v) is 1.07. The SMILES string of the molecule is CCC(O)C=C(C)P. The predicted octanol–water partition coefficient (Wildman–Crippen LogP) is 1.54.